The van der Waals surface area contributed by atoms with E-state index in [-0.39, 0.29) is 0 Å². The van der Waals surface area contributed by atoms with Crippen molar-refractivity contribution in [2.75, 3.05) is 0 Å². The Morgan fingerprint density at radius 1 is 1.12 bits per heavy atom. The number of carboxylic acids is 1. The van der Waals surface area contributed by atoms with Crippen LogP contribution < -0.4 is 0 Å². The van der Waals surface area contributed by atoms with Crippen LogP contribution in [0.1, 0.15) is 31.2 Å². The van der Waals surface area contributed by atoms with Crippen LogP contribution >= 0.6 is 0 Å². The van der Waals surface area contributed by atoms with Crippen LogP contribution in [0.5, 0.6) is 0 Å². The number of hydrogen-bond acceptors (Lipinski definition) is 1. The molecule has 1 N–H and O–H groups in total. The smallest absolute Gasteiger partial charge is 0.335 e. The second kappa shape index (κ2) is 5.48. The standard InChI is InChI=1S/C15H16O2/c16-15(17)14(13-8-4-5-9-13)11-10-12-6-2-1-3-7-12/h1-3,6-7,10-11H,4-5,8-9H2,(H,16,17)/b11-10+. The number of carbonyl (C=O) groups is 1. The molecular weight excluding hydrogens is 212 g/mol. The second-order valence-electron chi connectivity index (χ2n) is 4.27. The van der Waals surface area contributed by atoms with Gasteiger partial charge in [-0.1, -0.05) is 42.0 Å². The quantitative estimate of drug-likeness (QED) is 0.802. The SMILES string of the molecule is O=C(O)C(/C=C/c1ccccc1)=C1CCCC1. The van der Waals surface area contributed by atoms with Gasteiger partial charge in [0.2, 0.25) is 0 Å². The van der Waals surface area contributed by atoms with Gasteiger partial charge in [-0.15, -0.1) is 0 Å². The van der Waals surface area contributed by atoms with Crippen molar-refractivity contribution >= 4 is 12.0 Å². The highest BCUT2D eigenvalue weighted by Crippen LogP contribution is 2.27. The van der Waals surface area contributed by atoms with Gasteiger partial charge in [0.1, 0.15) is 0 Å². The molecule has 2 rings (SSSR count). The molecule has 0 heterocycles. The van der Waals surface area contributed by atoms with Crippen LogP contribution in [0.3, 0.4) is 0 Å². The van der Waals surface area contributed by atoms with Gasteiger partial charge in [-0.25, -0.2) is 4.79 Å². The molecule has 0 unspecified atom stereocenters. The molecule has 2 nitrogen and oxygen atoms in total. The molecule has 1 aromatic rings. The normalized spacial score (nSPS) is 15.4. The van der Waals surface area contributed by atoms with Crippen molar-refractivity contribution in [3.05, 3.63) is 53.1 Å². The summed E-state index contributed by atoms with van der Waals surface area (Å²) in [7, 11) is 0. The number of hydrogen-bond donors (Lipinski definition) is 1. The van der Waals surface area contributed by atoms with Gasteiger partial charge in [0.25, 0.3) is 0 Å². The molecule has 1 aliphatic carbocycles. The molecule has 2 heteroatoms. The number of benzene rings is 1. The zero-order valence-electron chi connectivity index (χ0n) is 9.73. The van der Waals surface area contributed by atoms with Gasteiger partial charge in [0.05, 0.1) is 5.57 Å². The minimum atomic E-state index is -0.811. The summed E-state index contributed by atoms with van der Waals surface area (Å²) in [5.74, 6) is -0.811. The maximum absolute atomic E-state index is 11.2. The molecule has 0 aliphatic heterocycles. The summed E-state index contributed by atoms with van der Waals surface area (Å²) in [6.45, 7) is 0. The van der Waals surface area contributed by atoms with Crippen LogP contribution in [0, 0.1) is 0 Å². The van der Waals surface area contributed by atoms with Crippen LogP contribution in [0.4, 0.5) is 0 Å². The molecule has 0 aromatic heterocycles. The van der Waals surface area contributed by atoms with Crippen LogP contribution in [0.15, 0.2) is 47.6 Å². The summed E-state index contributed by atoms with van der Waals surface area (Å²) in [5, 5.41) is 9.20. The fourth-order valence-electron chi connectivity index (χ4n) is 2.16. The summed E-state index contributed by atoms with van der Waals surface area (Å²) < 4.78 is 0. The Bertz CT molecular complexity index is 447. The van der Waals surface area contributed by atoms with Crippen LogP contribution in [-0.4, -0.2) is 11.1 Å². The zero-order valence-corrected chi connectivity index (χ0v) is 9.73. The Balaban J connectivity index is 2.22. The number of rotatable bonds is 3. The molecule has 17 heavy (non-hydrogen) atoms. The highest BCUT2D eigenvalue weighted by Gasteiger charge is 2.15. The molecule has 0 atom stereocenters. The third-order valence-electron chi connectivity index (χ3n) is 3.06. The van der Waals surface area contributed by atoms with Crippen LogP contribution in [-0.2, 0) is 4.79 Å². The minimum Gasteiger partial charge on any atom is -0.478 e. The lowest BCUT2D eigenvalue weighted by Gasteiger charge is -2.01. The molecule has 0 radical (unpaired) electrons. The molecule has 0 saturated heterocycles. The van der Waals surface area contributed by atoms with E-state index in [1.165, 1.54) is 0 Å². The van der Waals surface area contributed by atoms with Crippen molar-refractivity contribution < 1.29 is 9.90 Å². The fraction of sp³-hybridized carbons (Fsp3) is 0.267. The second-order valence-corrected chi connectivity index (χ2v) is 4.27. The molecule has 0 spiro atoms. The first-order valence-electron chi connectivity index (χ1n) is 5.96. The minimum absolute atomic E-state index is 0.478. The third-order valence-corrected chi connectivity index (χ3v) is 3.06. The van der Waals surface area contributed by atoms with E-state index in [2.05, 4.69) is 0 Å². The van der Waals surface area contributed by atoms with Gasteiger partial charge in [-0.05, 0) is 37.3 Å². The number of aliphatic carboxylic acids is 1. The van der Waals surface area contributed by atoms with Gasteiger partial charge >= 0.3 is 5.97 Å². The molecule has 1 fully saturated rings. The van der Waals surface area contributed by atoms with Crippen molar-refractivity contribution in [2.45, 2.75) is 25.7 Å². The number of allylic oxidation sites excluding steroid dienone is 1. The van der Waals surface area contributed by atoms with Crippen molar-refractivity contribution in [1.29, 1.82) is 0 Å². The first kappa shape index (κ1) is 11.6. The average molecular weight is 228 g/mol. The average Bonchev–Trinajstić information content (AvgIpc) is 2.84. The molecule has 1 aromatic carbocycles. The monoisotopic (exact) mass is 228 g/mol. The van der Waals surface area contributed by atoms with Crippen molar-refractivity contribution in [1.82, 2.24) is 0 Å². The lowest BCUT2D eigenvalue weighted by atomic mass is 10.1. The van der Waals surface area contributed by atoms with Crippen molar-refractivity contribution in [3.8, 4) is 0 Å². The van der Waals surface area contributed by atoms with Gasteiger partial charge in [0.15, 0.2) is 0 Å². The molecule has 0 bridgehead atoms. The maximum Gasteiger partial charge on any atom is 0.335 e. The highest BCUT2D eigenvalue weighted by molar-refractivity contribution is 5.92. The summed E-state index contributed by atoms with van der Waals surface area (Å²) in [5.41, 5.74) is 2.60. The first-order chi connectivity index (χ1) is 8.27. The van der Waals surface area contributed by atoms with E-state index >= 15 is 0 Å². The Morgan fingerprint density at radius 2 is 1.76 bits per heavy atom. The molecule has 0 amide bonds. The summed E-state index contributed by atoms with van der Waals surface area (Å²) in [4.78, 5) is 11.2. The molecule has 88 valence electrons. The fourth-order valence-corrected chi connectivity index (χ4v) is 2.16. The van der Waals surface area contributed by atoms with E-state index in [0.717, 1.165) is 36.8 Å². The largest absolute Gasteiger partial charge is 0.478 e. The number of carboxylic acid groups (broad SMARTS) is 1. The van der Waals surface area contributed by atoms with E-state index in [4.69, 9.17) is 0 Å². The molecular formula is C15H16O2. The van der Waals surface area contributed by atoms with E-state index in [1.54, 1.807) is 6.08 Å². The lowest BCUT2D eigenvalue weighted by Crippen LogP contribution is -2.00. The van der Waals surface area contributed by atoms with Gasteiger partial charge in [-0.3, -0.25) is 0 Å². The lowest BCUT2D eigenvalue weighted by molar-refractivity contribution is -0.132. The van der Waals surface area contributed by atoms with E-state index in [9.17, 15) is 9.90 Å². The first-order valence-corrected chi connectivity index (χ1v) is 5.96. The molecule has 1 aliphatic rings. The predicted molar refractivity (Wildman–Crippen MR) is 68.6 cm³/mol. The Labute approximate surface area is 101 Å². The Morgan fingerprint density at radius 3 is 2.35 bits per heavy atom. The van der Waals surface area contributed by atoms with Gasteiger partial charge in [0, 0.05) is 0 Å². The van der Waals surface area contributed by atoms with Crippen LogP contribution in [0.2, 0.25) is 0 Å². The summed E-state index contributed by atoms with van der Waals surface area (Å²) >= 11 is 0. The van der Waals surface area contributed by atoms with Gasteiger partial charge < -0.3 is 5.11 Å². The zero-order chi connectivity index (χ0) is 12.1. The van der Waals surface area contributed by atoms with Gasteiger partial charge in [-0.2, -0.15) is 0 Å². The van der Waals surface area contributed by atoms with E-state index in [1.807, 2.05) is 36.4 Å². The van der Waals surface area contributed by atoms with Crippen molar-refractivity contribution in [3.63, 3.8) is 0 Å². The summed E-state index contributed by atoms with van der Waals surface area (Å²) in [6.07, 6.45) is 7.70. The van der Waals surface area contributed by atoms with Crippen molar-refractivity contribution in [2.24, 2.45) is 0 Å². The maximum atomic E-state index is 11.2. The van der Waals surface area contributed by atoms with E-state index < -0.39 is 5.97 Å². The highest BCUT2D eigenvalue weighted by atomic mass is 16.4. The Hall–Kier alpha value is -1.83. The molecule has 1 saturated carbocycles. The predicted octanol–water partition coefficient (Wildman–Crippen LogP) is 3.66. The third kappa shape index (κ3) is 3.06. The van der Waals surface area contributed by atoms with Crippen LogP contribution in [0.25, 0.3) is 6.08 Å². The summed E-state index contributed by atoms with van der Waals surface area (Å²) in [6, 6.07) is 9.78. The Kier molecular flexibility index (Phi) is 3.76. The van der Waals surface area contributed by atoms with E-state index in [0.29, 0.717) is 5.57 Å². The topological polar surface area (TPSA) is 37.3 Å².